The molecule has 0 fully saturated rings. The van der Waals surface area contributed by atoms with E-state index in [9.17, 15) is 24.3 Å². The van der Waals surface area contributed by atoms with Crippen LogP contribution in [0.5, 0.6) is 0 Å². The number of hydrogen-bond donors (Lipinski definition) is 4. The first kappa shape index (κ1) is 34.3. The molecule has 0 bridgehead atoms. The van der Waals surface area contributed by atoms with Gasteiger partial charge in [-0.3, -0.25) is 27.9 Å². The van der Waals surface area contributed by atoms with Crippen molar-refractivity contribution in [1.29, 1.82) is 0 Å². The molecule has 1 unspecified atom stereocenters. The summed E-state index contributed by atoms with van der Waals surface area (Å²) in [5, 5.41) is 10.9. The van der Waals surface area contributed by atoms with Crippen LogP contribution < -0.4 is 34.0 Å². The van der Waals surface area contributed by atoms with E-state index < -0.39 is 28.6 Å². The zero-order valence-corrected chi connectivity index (χ0v) is 27.2. The van der Waals surface area contributed by atoms with E-state index in [1.165, 1.54) is 13.7 Å². The summed E-state index contributed by atoms with van der Waals surface area (Å²) < 4.78 is 5.05. The second-order valence-electron chi connectivity index (χ2n) is 10.7. The maximum atomic E-state index is 12.8. The van der Waals surface area contributed by atoms with Gasteiger partial charge in [0.15, 0.2) is 5.65 Å². The van der Waals surface area contributed by atoms with Crippen LogP contribution in [0.4, 0.5) is 11.5 Å². The van der Waals surface area contributed by atoms with E-state index >= 15 is 0 Å². The number of anilines is 2. The minimum atomic E-state index is -0.860. The van der Waals surface area contributed by atoms with E-state index in [1.54, 1.807) is 55.5 Å². The lowest BCUT2D eigenvalue weighted by Gasteiger charge is -2.14. The van der Waals surface area contributed by atoms with Crippen LogP contribution in [0, 0.1) is 0 Å². The number of H-pyrrole nitrogens is 1. The Balaban J connectivity index is 0.000000212. The van der Waals surface area contributed by atoms with E-state index in [2.05, 4.69) is 9.97 Å². The molecule has 0 radical (unpaired) electrons. The second kappa shape index (κ2) is 14.7. The Kier molecular flexibility index (Phi) is 10.9. The standard InChI is InChI=1S/C17H19ClN4O3.C14H17ClN4O2/c1-3-8-21-15-13(19-14(20-15)10(2)23)16(24)22(17(21)25)9-11-4-6-12(18)7-5-11;1-2-7-18-12(17)11(16)13(20)19(14(18)21)8-9-3-5-10(15)6-4-9/h4-7,10,23H,3,8-9H2,1-2H3,(H,19,20);3-6H,2,7-8,16-17H2,1H3. The molecule has 3 heterocycles. The highest BCUT2D eigenvalue weighted by Crippen LogP contribution is 2.14. The van der Waals surface area contributed by atoms with Crippen molar-refractivity contribution in [3.63, 3.8) is 0 Å². The Morgan fingerprint density at radius 2 is 1.22 bits per heavy atom. The number of halogens is 2. The number of imidazole rings is 1. The van der Waals surface area contributed by atoms with Gasteiger partial charge in [-0.05, 0) is 55.2 Å². The lowest BCUT2D eigenvalue weighted by molar-refractivity contribution is 0.190. The van der Waals surface area contributed by atoms with Crippen LogP contribution in [0.15, 0.2) is 67.7 Å². The van der Waals surface area contributed by atoms with Crippen LogP contribution >= 0.6 is 23.2 Å². The van der Waals surface area contributed by atoms with Crippen LogP contribution in [-0.4, -0.2) is 33.3 Å². The Bertz CT molecular complexity index is 2080. The minimum Gasteiger partial charge on any atom is -0.391 e. The van der Waals surface area contributed by atoms with Crippen molar-refractivity contribution in [2.24, 2.45) is 0 Å². The second-order valence-corrected chi connectivity index (χ2v) is 11.6. The van der Waals surface area contributed by atoms with Crippen LogP contribution in [-0.2, 0) is 26.2 Å². The molecule has 13 nitrogen and oxygen atoms in total. The van der Waals surface area contributed by atoms with Crippen LogP contribution in [0.25, 0.3) is 11.2 Å². The lowest BCUT2D eigenvalue weighted by atomic mass is 10.2. The molecule has 0 aliphatic rings. The Morgan fingerprint density at radius 3 is 1.70 bits per heavy atom. The maximum absolute atomic E-state index is 12.8. The summed E-state index contributed by atoms with van der Waals surface area (Å²) in [6, 6.07) is 13.9. The van der Waals surface area contributed by atoms with Gasteiger partial charge in [0.1, 0.15) is 29.0 Å². The third kappa shape index (κ3) is 7.27. The van der Waals surface area contributed by atoms with E-state index in [4.69, 9.17) is 34.7 Å². The first-order chi connectivity index (χ1) is 21.9. The average Bonchev–Trinajstić information content (AvgIpc) is 3.49. The van der Waals surface area contributed by atoms with Gasteiger partial charge >= 0.3 is 11.4 Å². The van der Waals surface area contributed by atoms with Gasteiger partial charge in [0.2, 0.25) is 0 Å². The van der Waals surface area contributed by atoms with E-state index in [0.29, 0.717) is 36.0 Å². The summed E-state index contributed by atoms with van der Waals surface area (Å²) in [6.45, 7) is 6.51. The number of nitrogen functional groups attached to an aromatic ring is 2. The number of aliphatic hydroxyl groups is 1. The zero-order chi connectivity index (χ0) is 33.7. The number of hydrogen-bond acceptors (Lipinski definition) is 8. The first-order valence-corrected chi connectivity index (χ1v) is 15.4. The number of benzene rings is 2. The fourth-order valence-electron chi connectivity index (χ4n) is 4.81. The van der Waals surface area contributed by atoms with Gasteiger partial charge in [-0.15, -0.1) is 0 Å². The molecule has 5 aromatic rings. The van der Waals surface area contributed by atoms with Gasteiger partial charge in [0.05, 0.1) is 13.1 Å². The highest BCUT2D eigenvalue weighted by molar-refractivity contribution is 6.30. The minimum absolute atomic E-state index is 0.0270. The third-order valence-corrected chi connectivity index (χ3v) is 7.69. The highest BCUT2D eigenvalue weighted by Gasteiger charge is 2.19. The number of fused-ring (bicyclic) bond motifs is 1. The van der Waals surface area contributed by atoms with Gasteiger partial charge in [-0.25, -0.2) is 14.6 Å². The first-order valence-electron chi connectivity index (χ1n) is 14.7. The number of nitrogens with two attached hydrogens (primary N) is 2. The Hall–Kier alpha value is -4.59. The third-order valence-electron chi connectivity index (χ3n) is 7.18. The molecule has 244 valence electrons. The summed E-state index contributed by atoms with van der Waals surface area (Å²) in [6.07, 6.45) is 0.565. The van der Waals surface area contributed by atoms with Gasteiger partial charge in [-0.1, -0.05) is 61.3 Å². The number of nitrogens with zero attached hydrogens (tertiary/aromatic N) is 5. The van der Waals surface area contributed by atoms with Gasteiger partial charge in [-0.2, -0.15) is 0 Å². The molecule has 1 atom stereocenters. The Morgan fingerprint density at radius 1 is 0.761 bits per heavy atom. The number of aliphatic hydroxyl groups excluding tert-OH is 1. The fraction of sp³-hybridized carbons (Fsp3) is 0.323. The monoisotopic (exact) mass is 670 g/mol. The summed E-state index contributed by atoms with van der Waals surface area (Å²) in [7, 11) is 0. The molecule has 3 aromatic heterocycles. The summed E-state index contributed by atoms with van der Waals surface area (Å²) in [4.78, 5) is 57.2. The van der Waals surface area contributed by atoms with Crippen molar-refractivity contribution < 1.29 is 5.11 Å². The molecular weight excluding hydrogens is 635 g/mol. The predicted octanol–water partition coefficient (Wildman–Crippen LogP) is 3.34. The van der Waals surface area contributed by atoms with Crippen LogP contribution in [0.2, 0.25) is 10.0 Å². The molecule has 0 spiro atoms. The zero-order valence-electron chi connectivity index (χ0n) is 25.7. The SMILES string of the molecule is CCCn1c(=O)n(Cc2ccc(Cl)cc2)c(=O)c2[nH]c(C(C)O)nc21.CCCn1c(N)c(N)c(=O)n(Cc2ccc(Cl)cc2)c1=O. The molecule has 0 aliphatic carbocycles. The fourth-order valence-corrected chi connectivity index (χ4v) is 5.06. The Labute approximate surface area is 273 Å². The summed E-state index contributed by atoms with van der Waals surface area (Å²) in [5.74, 6) is 0.291. The molecule has 0 aliphatic heterocycles. The van der Waals surface area contributed by atoms with Gasteiger partial charge < -0.3 is 21.6 Å². The molecule has 2 aromatic carbocycles. The molecule has 15 heteroatoms. The van der Waals surface area contributed by atoms with Crippen molar-refractivity contribution in [1.82, 2.24) is 28.2 Å². The topological polar surface area (TPSA) is 189 Å². The quantitative estimate of drug-likeness (QED) is 0.184. The van der Waals surface area contributed by atoms with Crippen molar-refractivity contribution in [3.05, 3.63) is 117 Å². The van der Waals surface area contributed by atoms with Crippen molar-refractivity contribution >= 4 is 45.9 Å². The number of aromatic nitrogens is 6. The number of aromatic amines is 1. The summed E-state index contributed by atoms with van der Waals surface area (Å²) in [5.41, 5.74) is 11.6. The van der Waals surface area contributed by atoms with E-state index in [-0.39, 0.29) is 41.6 Å². The molecule has 46 heavy (non-hydrogen) atoms. The van der Waals surface area contributed by atoms with Crippen molar-refractivity contribution in [3.8, 4) is 0 Å². The number of aryl methyl sites for hydroxylation is 1. The van der Waals surface area contributed by atoms with Crippen LogP contribution in [0.3, 0.4) is 0 Å². The van der Waals surface area contributed by atoms with Gasteiger partial charge in [0, 0.05) is 23.1 Å². The highest BCUT2D eigenvalue weighted by atomic mass is 35.5. The lowest BCUT2D eigenvalue weighted by Crippen LogP contribution is -2.42. The molecule has 5 rings (SSSR count). The van der Waals surface area contributed by atoms with Crippen molar-refractivity contribution in [2.75, 3.05) is 11.5 Å². The van der Waals surface area contributed by atoms with E-state index in [1.807, 2.05) is 13.8 Å². The molecule has 0 saturated heterocycles. The van der Waals surface area contributed by atoms with Crippen LogP contribution in [0.1, 0.15) is 56.7 Å². The number of nitrogens with one attached hydrogen (secondary N) is 1. The molecule has 0 amide bonds. The predicted molar refractivity (Wildman–Crippen MR) is 181 cm³/mol. The molecular formula is C31H36Cl2N8O5. The van der Waals surface area contributed by atoms with Crippen molar-refractivity contribution in [2.45, 2.75) is 65.9 Å². The number of rotatable bonds is 9. The molecule has 0 saturated carbocycles. The summed E-state index contributed by atoms with van der Waals surface area (Å²) >= 11 is 11.7. The maximum Gasteiger partial charge on any atom is 0.333 e. The molecule has 6 N–H and O–H groups in total. The van der Waals surface area contributed by atoms with Gasteiger partial charge in [0.25, 0.3) is 11.1 Å². The van der Waals surface area contributed by atoms with E-state index in [0.717, 1.165) is 15.7 Å². The largest absolute Gasteiger partial charge is 0.391 e. The average molecular weight is 672 g/mol. The normalized spacial score (nSPS) is 11.8. The smallest absolute Gasteiger partial charge is 0.333 e.